The van der Waals surface area contributed by atoms with Crippen LogP contribution in [0.1, 0.15) is 25.7 Å². The molecule has 2 aliphatic heterocycles. The van der Waals surface area contributed by atoms with Gasteiger partial charge in [-0.25, -0.2) is 13.4 Å². The van der Waals surface area contributed by atoms with Crippen molar-refractivity contribution < 1.29 is 13.2 Å². The minimum atomic E-state index is -3.50. The predicted octanol–water partition coefficient (Wildman–Crippen LogP) is 4.51. The van der Waals surface area contributed by atoms with Crippen molar-refractivity contribution in [2.75, 3.05) is 26.2 Å². The average molecular weight is 484 g/mol. The molecule has 0 unspecified atom stereocenters. The lowest BCUT2D eigenvalue weighted by molar-refractivity contribution is 0.0584. The second-order valence-electron chi connectivity index (χ2n) is 8.68. The maximum Gasteiger partial charge on any atom is 0.273 e. The zero-order valence-corrected chi connectivity index (χ0v) is 20.2. The van der Waals surface area contributed by atoms with E-state index in [1.807, 2.05) is 47.8 Å². The summed E-state index contributed by atoms with van der Waals surface area (Å²) in [6, 6.07) is 17.6. The highest BCUT2D eigenvalue weighted by Gasteiger charge is 2.33. The number of thiazole rings is 1. The van der Waals surface area contributed by atoms with Gasteiger partial charge in [-0.1, -0.05) is 53.8 Å². The van der Waals surface area contributed by atoms with Gasteiger partial charge in [-0.2, -0.15) is 4.31 Å². The summed E-state index contributed by atoms with van der Waals surface area (Å²) in [5.41, 5.74) is 1.95. The van der Waals surface area contributed by atoms with E-state index < -0.39 is 10.0 Å². The Bertz CT molecular complexity index is 1140. The Labute approximate surface area is 199 Å². The number of hydrogen-bond acceptors (Lipinski definition) is 6. The molecule has 0 spiro atoms. The monoisotopic (exact) mass is 483 g/mol. The summed E-state index contributed by atoms with van der Waals surface area (Å²) < 4.78 is 34.3. The van der Waals surface area contributed by atoms with Crippen LogP contribution in [0.15, 0.2) is 71.1 Å². The van der Waals surface area contributed by atoms with Gasteiger partial charge in [-0.05, 0) is 48.9 Å². The van der Waals surface area contributed by atoms with Gasteiger partial charge in [-0.3, -0.25) is 0 Å². The van der Waals surface area contributed by atoms with Crippen molar-refractivity contribution in [3.05, 3.63) is 66.2 Å². The molecule has 174 valence electrons. The van der Waals surface area contributed by atoms with Gasteiger partial charge in [0.05, 0.1) is 4.90 Å². The first-order valence-electron chi connectivity index (χ1n) is 11.6. The standard InChI is InChI=1S/C25H29N3O3S2/c29-33(30,24-8-4-7-21(19-24)20-5-2-1-3-6-20)28-16-9-22(10-17-28)27-14-11-23(12-15-27)31-25-26-13-18-32-25/h1-8,13,18-19,22-23H,9-12,14-17H2. The summed E-state index contributed by atoms with van der Waals surface area (Å²) in [5, 5.41) is 2.69. The summed E-state index contributed by atoms with van der Waals surface area (Å²) in [4.78, 5) is 7.11. The first-order chi connectivity index (χ1) is 16.1. The van der Waals surface area contributed by atoms with Crippen LogP contribution in [0.3, 0.4) is 0 Å². The minimum Gasteiger partial charge on any atom is -0.467 e. The van der Waals surface area contributed by atoms with Crippen LogP contribution >= 0.6 is 11.3 Å². The average Bonchev–Trinajstić information content (AvgIpc) is 3.38. The number of piperidine rings is 2. The van der Waals surface area contributed by atoms with E-state index in [2.05, 4.69) is 9.88 Å². The molecule has 3 aromatic rings. The molecule has 2 aromatic carbocycles. The van der Waals surface area contributed by atoms with E-state index in [1.54, 1.807) is 22.6 Å². The number of likely N-dealkylation sites (tertiary alicyclic amines) is 1. The molecule has 0 aliphatic carbocycles. The molecule has 0 N–H and O–H groups in total. The molecule has 8 heteroatoms. The van der Waals surface area contributed by atoms with Gasteiger partial charge in [0.1, 0.15) is 6.10 Å². The summed E-state index contributed by atoms with van der Waals surface area (Å²) in [5.74, 6) is 0. The minimum absolute atomic E-state index is 0.227. The molecular formula is C25H29N3O3S2. The first-order valence-corrected chi connectivity index (χ1v) is 13.9. The second-order valence-corrected chi connectivity index (χ2v) is 11.5. The van der Waals surface area contributed by atoms with Crippen LogP contribution in [0.25, 0.3) is 11.1 Å². The fraction of sp³-hybridized carbons (Fsp3) is 0.400. The zero-order valence-electron chi connectivity index (χ0n) is 18.5. The Morgan fingerprint density at radius 2 is 1.61 bits per heavy atom. The lowest BCUT2D eigenvalue weighted by Gasteiger charge is -2.41. The molecule has 1 aromatic heterocycles. The van der Waals surface area contributed by atoms with Crippen LogP contribution in [0.4, 0.5) is 0 Å². The Morgan fingerprint density at radius 3 is 2.30 bits per heavy atom. The quantitative estimate of drug-likeness (QED) is 0.516. The number of benzene rings is 2. The van der Waals surface area contributed by atoms with Crippen molar-refractivity contribution in [2.45, 2.75) is 42.7 Å². The van der Waals surface area contributed by atoms with Crippen LogP contribution < -0.4 is 4.74 Å². The number of rotatable bonds is 6. The lowest BCUT2D eigenvalue weighted by Crippen LogP contribution is -2.50. The highest BCUT2D eigenvalue weighted by molar-refractivity contribution is 7.89. The van der Waals surface area contributed by atoms with E-state index >= 15 is 0 Å². The van der Waals surface area contributed by atoms with Gasteiger partial charge in [0.25, 0.3) is 5.19 Å². The van der Waals surface area contributed by atoms with Gasteiger partial charge < -0.3 is 9.64 Å². The molecule has 0 atom stereocenters. The fourth-order valence-electron chi connectivity index (χ4n) is 4.83. The van der Waals surface area contributed by atoms with Crippen LogP contribution in [0, 0.1) is 0 Å². The molecule has 33 heavy (non-hydrogen) atoms. The van der Waals surface area contributed by atoms with E-state index in [4.69, 9.17) is 4.74 Å². The fourth-order valence-corrected chi connectivity index (χ4v) is 6.90. The molecular weight excluding hydrogens is 454 g/mol. The van der Waals surface area contributed by atoms with Crippen molar-refractivity contribution in [1.29, 1.82) is 0 Å². The molecule has 0 radical (unpaired) electrons. The Kier molecular flexibility index (Phi) is 6.78. The third-order valence-corrected chi connectivity index (χ3v) is 9.23. The largest absolute Gasteiger partial charge is 0.467 e. The molecule has 6 nitrogen and oxygen atoms in total. The number of aromatic nitrogens is 1. The topological polar surface area (TPSA) is 62.7 Å². The highest BCUT2D eigenvalue weighted by Crippen LogP contribution is 2.29. The highest BCUT2D eigenvalue weighted by atomic mass is 32.2. The molecule has 0 saturated carbocycles. The van der Waals surface area contributed by atoms with Crippen LogP contribution in [0.5, 0.6) is 5.19 Å². The maximum atomic E-state index is 13.3. The first kappa shape index (κ1) is 22.5. The van der Waals surface area contributed by atoms with Crippen LogP contribution in [0.2, 0.25) is 0 Å². The maximum absolute atomic E-state index is 13.3. The van der Waals surface area contributed by atoms with Gasteiger partial charge >= 0.3 is 0 Å². The summed E-state index contributed by atoms with van der Waals surface area (Å²) in [6.45, 7) is 3.12. The molecule has 5 rings (SSSR count). The normalized spacial score (nSPS) is 19.5. The molecule has 0 bridgehead atoms. The number of nitrogens with zero attached hydrogens (tertiary/aromatic N) is 3. The van der Waals surface area contributed by atoms with Gasteiger partial charge in [0.2, 0.25) is 10.0 Å². The Hall–Kier alpha value is -2.26. The van der Waals surface area contributed by atoms with E-state index in [9.17, 15) is 8.42 Å². The number of sulfonamides is 1. The summed E-state index contributed by atoms with van der Waals surface area (Å²) >= 11 is 1.54. The van der Waals surface area contributed by atoms with Crippen molar-refractivity contribution in [3.8, 4) is 16.3 Å². The van der Waals surface area contributed by atoms with E-state index in [1.165, 1.54) is 11.3 Å². The predicted molar refractivity (Wildman–Crippen MR) is 131 cm³/mol. The molecule has 2 saturated heterocycles. The summed E-state index contributed by atoms with van der Waals surface area (Å²) in [6.07, 6.45) is 5.72. The summed E-state index contributed by atoms with van der Waals surface area (Å²) in [7, 11) is -3.50. The van der Waals surface area contributed by atoms with Gasteiger partial charge in [0.15, 0.2) is 0 Å². The van der Waals surface area contributed by atoms with Crippen LogP contribution in [-0.2, 0) is 10.0 Å². The van der Waals surface area contributed by atoms with E-state index in [0.717, 1.165) is 55.1 Å². The van der Waals surface area contributed by atoms with Crippen molar-refractivity contribution >= 4 is 21.4 Å². The van der Waals surface area contributed by atoms with Gasteiger partial charge in [-0.15, -0.1) is 0 Å². The van der Waals surface area contributed by atoms with E-state index in [-0.39, 0.29) is 6.10 Å². The Balaban J connectivity index is 1.17. The third-order valence-electron chi connectivity index (χ3n) is 6.67. The number of hydrogen-bond donors (Lipinski definition) is 0. The SMILES string of the molecule is O=S(=O)(c1cccc(-c2ccccc2)c1)N1CCC(N2CCC(Oc3nccs3)CC2)CC1. The smallest absolute Gasteiger partial charge is 0.273 e. The zero-order chi connectivity index (χ0) is 22.7. The Morgan fingerprint density at radius 1 is 0.879 bits per heavy atom. The van der Waals surface area contributed by atoms with Crippen molar-refractivity contribution in [3.63, 3.8) is 0 Å². The van der Waals surface area contributed by atoms with Crippen molar-refractivity contribution in [2.24, 2.45) is 0 Å². The molecule has 2 fully saturated rings. The molecule has 3 heterocycles. The van der Waals surface area contributed by atoms with Crippen molar-refractivity contribution in [1.82, 2.24) is 14.2 Å². The van der Waals surface area contributed by atoms with E-state index in [0.29, 0.717) is 24.0 Å². The third kappa shape index (κ3) is 5.14. The van der Waals surface area contributed by atoms with Crippen LogP contribution in [-0.4, -0.2) is 60.9 Å². The number of ether oxygens (including phenoxy) is 1. The lowest BCUT2D eigenvalue weighted by atomic mass is 10.00. The second kappa shape index (κ2) is 9.93. The van der Waals surface area contributed by atoms with Gasteiger partial charge in [0, 0.05) is 43.8 Å². The molecule has 2 aliphatic rings. The molecule has 0 amide bonds.